The number of carbonyl (C=O) groups excluding carboxylic acids is 1. The van der Waals surface area contributed by atoms with Crippen molar-refractivity contribution in [1.82, 2.24) is 20.0 Å². The molecule has 7 nitrogen and oxygen atoms in total. The molecular formula is C17H20N4O3. The summed E-state index contributed by atoms with van der Waals surface area (Å²) in [5.74, 6) is 1.51. The number of aromatic nitrogens is 3. The molecule has 2 fully saturated rings. The van der Waals surface area contributed by atoms with E-state index < -0.39 is 0 Å². The van der Waals surface area contributed by atoms with Crippen LogP contribution in [0.1, 0.15) is 46.7 Å². The van der Waals surface area contributed by atoms with Gasteiger partial charge in [-0.1, -0.05) is 5.16 Å². The molecule has 4 heterocycles. The van der Waals surface area contributed by atoms with E-state index in [1.165, 1.54) is 0 Å². The number of carbonyl (C=O) groups is 1. The van der Waals surface area contributed by atoms with Gasteiger partial charge in [0.25, 0.3) is 11.8 Å². The first-order chi connectivity index (χ1) is 11.6. The van der Waals surface area contributed by atoms with Crippen molar-refractivity contribution in [2.45, 2.75) is 38.9 Å². The standard InChI is InChI=1S/C17H20N4O3/c1-10-3-4-12(8-18-10)17(22)21-6-5-14-13(9-21)7-15(23-14)16-19-11(2)20-24-16/h3-4,8,13-15H,5-7,9H2,1-2H3/t13-,14+,15+/m1/s1. The average Bonchev–Trinajstić information content (AvgIpc) is 3.20. The largest absolute Gasteiger partial charge is 0.365 e. The van der Waals surface area contributed by atoms with Crippen molar-refractivity contribution >= 4 is 5.91 Å². The number of aryl methyl sites for hydroxylation is 2. The van der Waals surface area contributed by atoms with Crippen molar-refractivity contribution in [3.63, 3.8) is 0 Å². The third kappa shape index (κ3) is 2.80. The number of fused-ring (bicyclic) bond motifs is 1. The molecule has 126 valence electrons. The molecule has 7 heteroatoms. The predicted octanol–water partition coefficient (Wildman–Crippen LogP) is 2.07. The molecule has 2 aromatic heterocycles. The zero-order valence-corrected chi connectivity index (χ0v) is 13.8. The highest BCUT2D eigenvalue weighted by atomic mass is 16.5. The Kier molecular flexibility index (Phi) is 3.80. The van der Waals surface area contributed by atoms with Crippen LogP contribution in [0.15, 0.2) is 22.9 Å². The summed E-state index contributed by atoms with van der Waals surface area (Å²) in [5, 5.41) is 3.83. The molecule has 0 saturated carbocycles. The van der Waals surface area contributed by atoms with E-state index in [0.717, 1.165) is 18.5 Å². The van der Waals surface area contributed by atoms with Gasteiger partial charge < -0.3 is 14.2 Å². The molecule has 3 atom stereocenters. The molecule has 1 amide bonds. The van der Waals surface area contributed by atoms with Gasteiger partial charge >= 0.3 is 0 Å². The van der Waals surface area contributed by atoms with Gasteiger partial charge in [0.1, 0.15) is 6.10 Å². The van der Waals surface area contributed by atoms with E-state index in [1.54, 1.807) is 13.1 Å². The number of rotatable bonds is 2. The van der Waals surface area contributed by atoms with E-state index in [0.29, 0.717) is 36.3 Å². The van der Waals surface area contributed by atoms with Crippen LogP contribution in [0.2, 0.25) is 0 Å². The zero-order valence-electron chi connectivity index (χ0n) is 13.8. The predicted molar refractivity (Wildman–Crippen MR) is 84.3 cm³/mol. The molecule has 2 saturated heterocycles. The first kappa shape index (κ1) is 15.3. The lowest BCUT2D eigenvalue weighted by Gasteiger charge is -2.34. The number of ether oxygens (including phenoxy) is 1. The Balaban J connectivity index is 1.44. The van der Waals surface area contributed by atoms with Crippen molar-refractivity contribution in [2.75, 3.05) is 13.1 Å². The number of hydrogen-bond donors (Lipinski definition) is 0. The Hall–Kier alpha value is -2.28. The van der Waals surface area contributed by atoms with Crippen molar-refractivity contribution in [3.05, 3.63) is 41.3 Å². The fourth-order valence-electron chi connectivity index (χ4n) is 3.52. The Labute approximate surface area is 140 Å². The summed E-state index contributed by atoms with van der Waals surface area (Å²) in [4.78, 5) is 23.0. The molecule has 0 spiro atoms. The summed E-state index contributed by atoms with van der Waals surface area (Å²) in [7, 11) is 0. The molecule has 2 aliphatic heterocycles. The molecule has 24 heavy (non-hydrogen) atoms. The maximum absolute atomic E-state index is 12.7. The maximum atomic E-state index is 12.7. The third-order valence-corrected chi connectivity index (χ3v) is 4.78. The highest BCUT2D eigenvalue weighted by Crippen LogP contribution is 2.40. The van der Waals surface area contributed by atoms with Gasteiger partial charge in [-0.2, -0.15) is 4.98 Å². The highest BCUT2D eigenvalue weighted by molar-refractivity contribution is 5.94. The van der Waals surface area contributed by atoms with Crippen LogP contribution in [0.5, 0.6) is 0 Å². The van der Waals surface area contributed by atoms with Crippen LogP contribution in [0.3, 0.4) is 0 Å². The minimum absolute atomic E-state index is 0.0398. The second kappa shape index (κ2) is 5.98. The van der Waals surface area contributed by atoms with E-state index in [9.17, 15) is 4.79 Å². The van der Waals surface area contributed by atoms with Crippen molar-refractivity contribution < 1.29 is 14.1 Å². The number of hydrogen-bond acceptors (Lipinski definition) is 6. The Morgan fingerprint density at radius 3 is 2.92 bits per heavy atom. The number of pyridine rings is 1. The molecule has 0 N–H and O–H groups in total. The van der Waals surface area contributed by atoms with Crippen LogP contribution in [0.25, 0.3) is 0 Å². The summed E-state index contributed by atoms with van der Waals surface area (Å²) in [6.07, 6.45) is 3.29. The van der Waals surface area contributed by atoms with E-state index in [-0.39, 0.29) is 18.1 Å². The quantitative estimate of drug-likeness (QED) is 0.839. The molecule has 0 radical (unpaired) electrons. The Morgan fingerprint density at radius 2 is 2.21 bits per heavy atom. The maximum Gasteiger partial charge on any atom is 0.255 e. The first-order valence-electron chi connectivity index (χ1n) is 8.28. The van der Waals surface area contributed by atoms with Crippen molar-refractivity contribution in [3.8, 4) is 0 Å². The molecule has 2 aliphatic rings. The smallest absolute Gasteiger partial charge is 0.255 e. The van der Waals surface area contributed by atoms with Gasteiger partial charge in [-0.25, -0.2) is 0 Å². The lowest BCUT2D eigenvalue weighted by molar-refractivity contribution is -0.00777. The van der Waals surface area contributed by atoms with E-state index in [1.807, 2.05) is 24.0 Å². The molecule has 0 aromatic carbocycles. The van der Waals surface area contributed by atoms with Crippen LogP contribution in [-0.4, -0.2) is 45.1 Å². The molecule has 0 aliphatic carbocycles. The van der Waals surface area contributed by atoms with E-state index in [2.05, 4.69) is 15.1 Å². The number of amides is 1. The molecular weight excluding hydrogens is 308 g/mol. The van der Waals surface area contributed by atoms with Gasteiger partial charge in [0.2, 0.25) is 0 Å². The van der Waals surface area contributed by atoms with Crippen molar-refractivity contribution in [2.24, 2.45) is 5.92 Å². The summed E-state index contributed by atoms with van der Waals surface area (Å²) in [5.41, 5.74) is 1.55. The van der Waals surface area contributed by atoms with Crippen LogP contribution in [0, 0.1) is 19.8 Å². The Bertz CT molecular complexity index is 743. The van der Waals surface area contributed by atoms with Crippen LogP contribution >= 0.6 is 0 Å². The summed E-state index contributed by atoms with van der Waals surface area (Å²) in [6, 6.07) is 3.71. The monoisotopic (exact) mass is 328 g/mol. The minimum Gasteiger partial charge on any atom is -0.365 e. The van der Waals surface area contributed by atoms with Gasteiger partial charge in [0, 0.05) is 30.9 Å². The van der Waals surface area contributed by atoms with Gasteiger partial charge in [-0.15, -0.1) is 0 Å². The second-order valence-corrected chi connectivity index (χ2v) is 6.57. The van der Waals surface area contributed by atoms with Crippen LogP contribution in [-0.2, 0) is 4.74 Å². The molecule has 0 unspecified atom stereocenters. The van der Waals surface area contributed by atoms with E-state index >= 15 is 0 Å². The highest BCUT2D eigenvalue weighted by Gasteiger charge is 2.42. The topological polar surface area (TPSA) is 81.4 Å². The van der Waals surface area contributed by atoms with Crippen LogP contribution < -0.4 is 0 Å². The lowest BCUT2D eigenvalue weighted by Crippen LogP contribution is -2.44. The normalized spacial score (nSPS) is 26.4. The number of likely N-dealkylation sites (tertiary alicyclic amines) is 1. The summed E-state index contributed by atoms with van der Waals surface area (Å²) >= 11 is 0. The van der Waals surface area contributed by atoms with Crippen molar-refractivity contribution in [1.29, 1.82) is 0 Å². The van der Waals surface area contributed by atoms with Gasteiger partial charge in [0.15, 0.2) is 5.82 Å². The third-order valence-electron chi connectivity index (χ3n) is 4.78. The van der Waals surface area contributed by atoms with E-state index in [4.69, 9.17) is 9.26 Å². The number of piperidine rings is 1. The Morgan fingerprint density at radius 1 is 1.33 bits per heavy atom. The second-order valence-electron chi connectivity index (χ2n) is 6.57. The first-order valence-corrected chi connectivity index (χ1v) is 8.28. The van der Waals surface area contributed by atoms with Crippen LogP contribution in [0.4, 0.5) is 0 Å². The fourth-order valence-corrected chi connectivity index (χ4v) is 3.52. The zero-order chi connectivity index (χ0) is 16.7. The van der Waals surface area contributed by atoms with Gasteiger partial charge in [0.05, 0.1) is 11.7 Å². The molecule has 2 aromatic rings. The summed E-state index contributed by atoms with van der Waals surface area (Å²) in [6.45, 7) is 5.10. The lowest BCUT2D eigenvalue weighted by atomic mass is 9.92. The fraction of sp³-hybridized carbons (Fsp3) is 0.529. The van der Waals surface area contributed by atoms with Gasteiger partial charge in [-0.05, 0) is 38.8 Å². The molecule has 4 rings (SSSR count). The molecule has 0 bridgehead atoms. The SMILES string of the molecule is Cc1ccc(C(=O)N2CC[C@@H]3O[C@H](c4nc(C)no4)C[C@@H]3C2)cn1. The average molecular weight is 328 g/mol. The minimum atomic E-state index is -0.155. The van der Waals surface area contributed by atoms with Gasteiger partial charge in [-0.3, -0.25) is 9.78 Å². The number of nitrogens with zero attached hydrogens (tertiary/aromatic N) is 4. The summed E-state index contributed by atoms with van der Waals surface area (Å²) < 4.78 is 11.3.